The molecule has 0 radical (unpaired) electrons. The maximum absolute atomic E-state index is 11.7. The predicted octanol–water partition coefficient (Wildman–Crippen LogP) is 0.851. The SMILES string of the molecule is CCC(N)C(=O)N[C@@H](CCC(=O)OCc1ccccc1)C(N)=O.O=C(O)C(F)(F)F. The molecule has 0 aromatic heterocycles. The maximum atomic E-state index is 11.7. The van der Waals surface area contributed by atoms with E-state index in [-0.39, 0.29) is 19.4 Å². The number of halogens is 3. The normalized spacial score (nSPS) is 12.6. The number of rotatable bonds is 9. The third-order valence-electron chi connectivity index (χ3n) is 3.56. The van der Waals surface area contributed by atoms with Crippen LogP contribution < -0.4 is 16.8 Å². The van der Waals surface area contributed by atoms with Gasteiger partial charge in [-0.15, -0.1) is 0 Å². The summed E-state index contributed by atoms with van der Waals surface area (Å²) < 4.78 is 36.8. The van der Waals surface area contributed by atoms with Crippen molar-refractivity contribution in [2.24, 2.45) is 11.5 Å². The first-order valence-corrected chi connectivity index (χ1v) is 8.73. The molecule has 0 aliphatic carbocycles. The molecule has 0 heterocycles. The zero-order valence-electron chi connectivity index (χ0n) is 16.1. The molecule has 0 bridgehead atoms. The molecule has 0 aliphatic rings. The lowest BCUT2D eigenvalue weighted by atomic mass is 10.1. The first kappa shape index (κ1) is 26.9. The van der Waals surface area contributed by atoms with Crippen molar-refractivity contribution >= 4 is 23.8 Å². The lowest BCUT2D eigenvalue weighted by Gasteiger charge is -2.17. The number of nitrogens with one attached hydrogen (secondary N) is 1. The van der Waals surface area contributed by atoms with Gasteiger partial charge in [-0.2, -0.15) is 13.2 Å². The predicted molar refractivity (Wildman–Crippen MR) is 98.6 cm³/mol. The summed E-state index contributed by atoms with van der Waals surface area (Å²) in [6.45, 7) is 1.92. The van der Waals surface area contributed by atoms with Gasteiger partial charge in [0.05, 0.1) is 6.04 Å². The summed E-state index contributed by atoms with van der Waals surface area (Å²) in [5, 5.41) is 9.58. The number of hydrogen-bond acceptors (Lipinski definition) is 6. The Balaban J connectivity index is 0.00000103. The molecular weight excluding hydrogens is 411 g/mol. The number of benzene rings is 1. The number of aliphatic carboxylic acids is 1. The minimum atomic E-state index is -5.08. The van der Waals surface area contributed by atoms with Gasteiger partial charge < -0.3 is 26.6 Å². The molecule has 0 saturated carbocycles. The van der Waals surface area contributed by atoms with Gasteiger partial charge in [0.25, 0.3) is 0 Å². The minimum Gasteiger partial charge on any atom is -0.475 e. The first-order chi connectivity index (χ1) is 13.9. The van der Waals surface area contributed by atoms with Gasteiger partial charge in [0.15, 0.2) is 0 Å². The van der Waals surface area contributed by atoms with Crippen LogP contribution in [-0.2, 0) is 30.5 Å². The van der Waals surface area contributed by atoms with E-state index >= 15 is 0 Å². The fourth-order valence-electron chi connectivity index (χ4n) is 1.82. The van der Waals surface area contributed by atoms with Crippen LogP contribution in [0.25, 0.3) is 0 Å². The van der Waals surface area contributed by atoms with Crippen molar-refractivity contribution in [3.63, 3.8) is 0 Å². The number of carboxylic acids is 1. The van der Waals surface area contributed by atoms with Crippen molar-refractivity contribution in [1.29, 1.82) is 0 Å². The standard InChI is InChI=1S/C16H23N3O4.C2HF3O2/c1-2-12(17)16(22)19-13(15(18)21)8-9-14(20)23-10-11-6-4-3-5-7-11;3-2(4,5)1(6)7/h3-7,12-13H,2,8-10,17H2,1H3,(H2,18,21)(H,19,22);(H,6,7)/t12?,13-;/m0./s1. The molecule has 2 atom stereocenters. The van der Waals surface area contributed by atoms with Gasteiger partial charge in [0.1, 0.15) is 12.6 Å². The minimum absolute atomic E-state index is 0.0257. The topological polar surface area (TPSA) is 162 Å². The molecule has 1 rings (SSSR count). The summed E-state index contributed by atoms with van der Waals surface area (Å²) in [4.78, 5) is 43.6. The van der Waals surface area contributed by atoms with Gasteiger partial charge in [-0.25, -0.2) is 4.79 Å². The van der Waals surface area contributed by atoms with Crippen LogP contribution in [0.2, 0.25) is 0 Å². The highest BCUT2D eigenvalue weighted by Crippen LogP contribution is 2.13. The Kier molecular flexibility index (Phi) is 11.8. The van der Waals surface area contributed by atoms with E-state index in [0.29, 0.717) is 6.42 Å². The molecule has 1 aromatic carbocycles. The lowest BCUT2D eigenvalue weighted by Crippen LogP contribution is -2.50. The van der Waals surface area contributed by atoms with Gasteiger partial charge in [-0.1, -0.05) is 37.3 Å². The second kappa shape index (κ2) is 13.1. The number of carboxylic acid groups (broad SMARTS) is 1. The molecule has 9 nitrogen and oxygen atoms in total. The third-order valence-corrected chi connectivity index (χ3v) is 3.56. The van der Waals surface area contributed by atoms with Crippen molar-refractivity contribution in [3.05, 3.63) is 35.9 Å². The summed E-state index contributed by atoms with van der Waals surface area (Å²) in [5.41, 5.74) is 11.7. The number of hydrogen-bond donors (Lipinski definition) is 4. The van der Waals surface area contributed by atoms with Crippen LogP contribution in [0, 0.1) is 0 Å². The van der Waals surface area contributed by atoms with E-state index in [2.05, 4.69) is 5.32 Å². The summed E-state index contributed by atoms with van der Waals surface area (Å²) in [6, 6.07) is 7.59. The van der Waals surface area contributed by atoms with Gasteiger partial charge in [-0.3, -0.25) is 14.4 Å². The average Bonchev–Trinajstić information content (AvgIpc) is 2.68. The Morgan fingerprint density at radius 3 is 2.13 bits per heavy atom. The Hall–Kier alpha value is -3.15. The molecule has 0 spiro atoms. The summed E-state index contributed by atoms with van der Waals surface area (Å²) >= 11 is 0. The van der Waals surface area contributed by atoms with E-state index in [9.17, 15) is 27.6 Å². The number of carbonyl (C=O) groups excluding carboxylic acids is 3. The monoisotopic (exact) mass is 435 g/mol. The Bertz CT molecular complexity index is 713. The maximum Gasteiger partial charge on any atom is 0.490 e. The summed E-state index contributed by atoms with van der Waals surface area (Å²) in [7, 11) is 0. The highest BCUT2D eigenvalue weighted by Gasteiger charge is 2.38. The fraction of sp³-hybridized carbons (Fsp3) is 0.444. The highest BCUT2D eigenvalue weighted by atomic mass is 19.4. The molecule has 0 fully saturated rings. The zero-order chi connectivity index (χ0) is 23.3. The molecule has 168 valence electrons. The third kappa shape index (κ3) is 11.6. The van der Waals surface area contributed by atoms with E-state index < -0.39 is 42.0 Å². The number of primary amides is 1. The molecule has 1 aromatic rings. The van der Waals surface area contributed by atoms with Gasteiger partial charge in [0.2, 0.25) is 11.8 Å². The van der Waals surface area contributed by atoms with Crippen LogP contribution in [0.5, 0.6) is 0 Å². The quantitative estimate of drug-likeness (QED) is 0.418. The van der Waals surface area contributed by atoms with Gasteiger partial charge in [0, 0.05) is 6.42 Å². The molecule has 2 amide bonds. The Morgan fingerprint density at radius 1 is 1.17 bits per heavy atom. The smallest absolute Gasteiger partial charge is 0.475 e. The van der Waals surface area contributed by atoms with Crippen molar-refractivity contribution in [2.45, 2.75) is 51.1 Å². The van der Waals surface area contributed by atoms with Crippen molar-refractivity contribution < 1.29 is 42.2 Å². The van der Waals surface area contributed by atoms with Crippen molar-refractivity contribution in [2.75, 3.05) is 0 Å². The first-order valence-electron chi connectivity index (χ1n) is 8.73. The molecular formula is C18H24F3N3O6. The molecule has 6 N–H and O–H groups in total. The van der Waals surface area contributed by atoms with Crippen LogP contribution in [0.3, 0.4) is 0 Å². The Labute approximate surface area is 170 Å². The lowest BCUT2D eigenvalue weighted by molar-refractivity contribution is -0.192. The number of ether oxygens (including phenoxy) is 1. The molecule has 12 heteroatoms. The second-order valence-electron chi connectivity index (χ2n) is 5.97. The molecule has 0 aliphatic heterocycles. The number of carbonyl (C=O) groups is 4. The fourth-order valence-corrected chi connectivity index (χ4v) is 1.82. The van der Waals surface area contributed by atoms with E-state index in [0.717, 1.165) is 5.56 Å². The number of alkyl halides is 3. The summed E-state index contributed by atoms with van der Waals surface area (Å²) in [6.07, 6.45) is -4.59. The highest BCUT2D eigenvalue weighted by molar-refractivity contribution is 5.89. The van der Waals surface area contributed by atoms with Gasteiger partial charge >= 0.3 is 18.1 Å². The van der Waals surface area contributed by atoms with E-state index in [1.807, 2.05) is 30.3 Å². The van der Waals surface area contributed by atoms with E-state index in [4.69, 9.17) is 26.1 Å². The van der Waals surface area contributed by atoms with E-state index in [1.165, 1.54) is 0 Å². The largest absolute Gasteiger partial charge is 0.490 e. The van der Waals surface area contributed by atoms with Crippen LogP contribution in [0.15, 0.2) is 30.3 Å². The molecule has 30 heavy (non-hydrogen) atoms. The molecule has 0 saturated heterocycles. The average molecular weight is 435 g/mol. The number of esters is 1. The molecule has 1 unspecified atom stereocenters. The Morgan fingerprint density at radius 2 is 1.70 bits per heavy atom. The van der Waals surface area contributed by atoms with E-state index in [1.54, 1.807) is 6.92 Å². The zero-order valence-corrected chi connectivity index (χ0v) is 16.1. The van der Waals surface area contributed by atoms with Crippen molar-refractivity contribution in [3.8, 4) is 0 Å². The van der Waals surface area contributed by atoms with Gasteiger partial charge in [-0.05, 0) is 18.4 Å². The van der Waals surface area contributed by atoms with Crippen LogP contribution >= 0.6 is 0 Å². The van der Waals surface area contributed by atoms with Crippen LogP contribution in [0.4, 0.5) is 13.2 Å². The van der Waals surface area contributed by atoms with Crippen molar-refractivity contribution in [1.82, 2.24) is 5.32 Å². The van der Waals surface area contributed by atoms with Crippen LogP contribution in [-0.4, -0.2) is 47.1 Å². The second-order valence-corrected chi connectivity index (χ2v) is 5.97. The number of nitrogens with two attached hydrogens (primary N) is 2. The van der Waals surface area contributed by atoms with Crippen LogP contribution in [0.1, 0.15) is 31.7 Å². The summed E-state index contributed by atoms with van der Waals surface area (Å²) in [5.74, 6) is -4.40. The number of amides is 2.